The van der Waals surface area contributed by atoms with Crippen LogP contribution in [0.4, 0.5) is 0 Å². The van der Waals surface area contributed by atoms with Crippen LogP contribution >= 0.6 is 0 Å². The van der Waals surface area contributed by atoms with E-state index in [9.17, 15) is 9.59 Å². The van der Waals surface area contributed by atoms with Crippen molar-refractivity contribution < 1.29 is 9.59 Å². The fourth-order valence-corrected chi connectivity index (χ4v) is 4.72. The van der Waals surface area contributed by atoms with Crippen molar-refractivity contribution >= 4 is 11.8 Å². The second kappa shape index (κ2) is 4.11. The predicted octanol–water partition coefficient (Wildman–Crippen LogP) is 1.11. The Bertz CT molecular complexity index is 379. The van der Waals surface area contributed by atoms with Crippen molar-refractivity contribution in [2.75, 3.05) is 0 Å². The van der Waals surface area contributed by atoms with Crippen molar-refractivity contribution in [3.8, 4) is 0 Å². The van der Waals surface area contributed by atoms with Gasteiger partial charge < -0.3 is 11.1 Å². The van der Waals surface area contributed by atoms with Gasteiger partial charge in [-0.1, -0.05) is 0 Å². The third kappa shape index (κ3) is 2.16. The van der Waals surface area contributed by atoms with Crippen LogP contribution in [0.1, 0.15) is 38.5 Å². The molecule has 0 aromatic rings. The first kappa shape index (κ1) is 11.8. The Kier molecular flexibility index (Phi) is 2.68. The van der Waals surface area contributed by atoms with Crippen LogP contribution in [0.2, 0.25) is 0 Å². The van der Waals surface area contributed by atoms with Gasteiger partial charge in [0, 0.05) is 17.7 Å². The Labute approximate surface area is 107 Å². The number of nitrogens with two attached hydrogens (primary N) is 1. The number of nitrogens with one attached hydrogen (secondary N) is 1. The molecule has 0 heterocycles. The molecule has 4 saturated carbocycles. The highest BCUT2D eigenvalue weighted by Gasteiger charge is 2.51. The van der Waals surface area contributed by atoms with Crippen LogP contribution in [0.25, 0.3) is 0 Å². The Morgan fingerprint density at radius 1 is 1.00 bits per heavy atom. The minimum Gasteiger partial charge on any atom is -0.366 e. The van der Waals surface area contributed by atoms with Gasteiger partial charge in [-0.2, -0.15) is 0 Å². The summed E-state index contributed by atoms with van der Waals surface area (Å²) in [5.74, 6) is 1.66. The van der Waals surface area contributed by atoms with Gasteiger partial charge in [0.25, 0.3) is 0 Å². The molecular formula is C14H20N2O2. The summed E-state index contributed by atoms with van der Waals surface area (Å²) in [6, 6.07) is 0. The molecule has 0 aromatic carbocycles. The standard InChI is InChI=1S/C14H20N2O2/c15-12(17)1-2-13(18)16-14-6-9-3-10(7-14)5-11(4-9)8-14/h1-2,9-11H,3-8H2,(H2,15,17)(H,16,18)/b2-1-. The van der Waals surface area contributed by atoms with Gasteiger partial charge in [0.2, 0.25) is 11.8 Å². The molecule has 18 heavy (non-hydrogen) atoms. The molecule has 0 unspecified atom stereocenters. The zero-order valence-electron chi connectivity index (χ0n) is 10.5. The van der Waals surface area contributed by atoms with Crippen LogP contribution < -0.4 is 11.1 Å². The molecule has 2 amide bonds. The summed E-state index contributed by atoms with van der Waals surface area (Å²) in [4.78, 5) is 22.4. The number of hydrogen-bond donors (Lipinski definition) is 2. The lowest BCUT2D eigenvalue weighted by molar-refractivity contribution is -0.122. The SMILES string of the molecule is NC(=O)/C=C\C(=O)NC12CC3CC(CC(C3)C1)C2. The van der Waals surface area contributed by atoms with Gasteiger partial charge in [-0.05, 0) is 56.3 Å². The minimum atomic E-state index is -0.573. The first-order valence-corrected chi connectivity index (χ1v) is 6.84. The summed E-state index contributed by atoms with van der Waals surface area (Å²) in [6.07, 6.45) is 9.82. The molecule has 4 heteroatoms. The number of rotatable bonds is 3. The first-order chi connectivity index (χ1) is 8.55. The van der Waals surface area contributed by atoms with Crippen LogP contribution in [-0.4, -0.2) is 17.4 Å². The Balaban J connectivity index is 1.68. The van der Waals surface area contributed by atoms with Crippen molar-refractivity contribution in [2.24, 2.45) is 23.5 Å². The molecule has 0 atom stereocenters. The van der Waals surface area contributed by atoms with E-state index in [1.807, 2.05) is 0 Å². The Morgan fingerprint density at radius 3 is 1.94 bits per heavy atom. The average molecular weight is 248 g/mol. The fraction of sp³-hybridized carbons (Fsp3) is 0.714. The normalized spacial score (nSPS) is 41.2. The van der Waals surface area contributed by atoms with Crippen LogP contribution in [0.3, 0.4) is 0 Å². The molecule has 98 valence electrons. The highest BCUT2D eigenvalue weighted by atomic mass is 16.2. The van der Waals surface area contributed by atoms with E-state index in [1.54, 1.807) is 0 Å². The van der Waals surface area contributed by atoms with Crippen molar-refractivity contribution in [3.05, 3.63) is 12.2 Å². The van der Waals surface area contributed by atoms with Crippen molar-refractivity contribution in [2.45, 2.75) is 44.1 Å². The second-order valence-corrected chi connectivity index (χ2v) is 6.42. The number of carbonyl (C=O) groups excluding carboxylic acids is 2. The summed E-state index contributed by atoms with van der Waals surface area (Å²) < 4.78 is 0. The van der Waals surface area contributed by atoms with E-state index in [2.05, 4.69) is 5.32 Å². The van der Waals surface area contributed by atoms with E-state index in [-0.39, 0.29) is 11.4 Å². The largest absolute Gasteiger partial charge is 0.366 e. The molecule has 4 bridgehead atoms. The highest BCUT2D eigenvalue weighted by Crippen LogP contribution is 2.55. The van der Waals surface area contributed by atoms with Crippen LogP contribution in [0.15, 0.2) is 12.2 Å². The lowest BCUT2D eigenvalue weighted by atomic mass is 9.53. The molecule has 4 fully saturated rings. The second-order valence-electron chi connectivity index (χ2n) is 6.42. The van der Waals surface area contributed by atoms with Gasteiger partial charge in [-0.25, -0.2) is 0 Å². The maximum atomic E-state index is 11.8. The fourth-order valence-electron chi connectivity index (χ4n) is 4.72. The maximum absolute atomic E-state index is 11.8. The van der Waals surface area contributed by atoms with Gasteiger partial charge in [0.05, 0.1) is 0 Å². The molecule has 0 aromatic heterocycles. The van der Waals surface area contributed by atoms with Gasteiger partial charge in [0.15, 0.2) is 0 Å². The van der Waals surface area contributed by atoms with Crippen LogP contribution in [0, 0.1) is 17.8 Å². The lowest BCUT2D eigenvalue weighted by Gasteiger charge is -2.56. The Hall–Kier alpha value is -1.32. The summed E-state index contributed by atoms with van der Waals surface area (Å²) in [5, 5.41) is 3.15. The quantitative estimate of drug-likeness (QED) is 0.734. The molecule has 0 spiro atoms. The summed E-state index contributed by atoms with van der Waals surface area (Å²) in [6.45, 7) is 0. The average Bonchev–Trinajstić information content (AvgIpc) is 2.23. The third-order valence-electron chi connectivity index (χ3n) is 4.83. The van der Waals surface area contributed by atoms with Crippen molar-refractivity contribution in [1.82, 2.24) is 5.32 Å². The van der Waals surface area contributed by atoms with E-state index >= 15 is 0 Å². The number of amides is 2. The van der Waals surface area contributed by atoms with Crippen LogP contribution in [-0.2, 0) is 9.59 Å². The van der Waals surface area contributed by atoms with Gasteiger partial charge in [0.1, 0.15) is 0 Å². The lowest BCUT2D eigenvalue weighted by Crippen LogP contribution is -2.59. The zero-order chi connectivity index (χ0) is 12.8. The van der Waals surface area contributed by atoms with E-state index < -0.39 is 5.91 Å². The minimum absolute atomic E-state index is 0.00776. The predicted molar refractivity (Wildman–Crippen MR) is 67.4 cm³/mol. The molecule has 4 nitrogen and oxygen atoms in total. The van der Waals surface area contributed by atoms with Crippen LogP contribution in [0.5, 0.6) is 0 Å². The maximum Gasteiger partial charge on any atom is 0.244 e. The van der Waals surface area contributed by atoms with E-state index in [4.69, 9.17) is 5.73 Å². The van der Waals surface area contributed by atoms with Crippen molar-refractivity contribution in [3.63, 3.8) is 0 Å². The Morgan fingerprint density at radius 2 is 1.50 bits per heavy atom. The molecular weight excluding hydrogens is 228 g/mol. The van der Waals surface area contributed by atoms with Gasteiger partial charge in [-0.3, -0.25) is 9.59 Å². The van der Waals surface area contributed by atoms with E-state index in [1.165, 1.54) is 25.3 Å². The van der Waals surface area contributed by atoms with Crippen molar-refractivity contribution in [1.29, 1.82) is 0 Å². The van der Waals surface area contributed by atoms with Gasteiger partial charge in [-0.15, -0.1) is 0 Å². The summed E-state index contributed by atoms with van der Waals surface area (Å²) in [5.41, 5.74) is 5.00. The summed E-state index contributed by atoms with van der Waals surface area (Å²) in [7, 11) is 0. The molecule has 4 aliphatic rings. The molecule has 0 aliphatic heterocycles. The number of carbonyl (C=O) groups is 2. The summed E-state index contributed by atoms with van der Waals surface area (Å²) >= 11 is 0. The number of primary amides is 1. The molecule has 4 rings (SSSR count). The van der Waals surface area contributed by atoms with E-state index in [0.29, 0.717) is 0 Å². The smallest absolute Gasteiger partial charge is 0.244 e. The molecule has 4 aliphatic carbocycles. The molecule has 0 saturated heterocycles. The van der Waals surface area contributed by atoms with Gasteiger partial charge >= 0.3 is 0 Å². The zero-order valence-corrected chi connectivity index (χ0v) is 10.5. The highest BCUT2D eigenvalue weighted by molar-refractivity contribution is 5.96. The number of hydrogen-bond acceptors (Lipinski definition) is 2. The van der Waals surface area contributed by atoms with E-state index in [0.717, 1.165) is 43.1 Å². The molecule has 0 radical (unpaired) electrons. The monoisotopic (exact) mass is 248 g/mol. The molecule has 3 N–H and O–H groups in total. The third-order valence-corrected chi connectivity index (χ3v) is 4.83. The first-order valence-electron chi connectivity index (χ1n) is 6.84. The topological polar surface area (TPSA) is 72.2 Å².